The Morgan fingerprint density at radius 1 is 1.35 bits per heavy atom. The van der Waals surface area contributed by atoms with Crippen molar-refractivity contribution in [2.24, 2.45) is 5.41 Å². The third-order valence-corrected chi connectivity index (χ3v) is 6.34. The van der Waals surface area contributed by atoms with E-state index in [0.717, 1.165) is 0 Å². The summed E-state index contributed by atoms with van der Waals surface area (Å²) in [5.41, 5.74) is -0.617. The minimum atomic E-state index is -3.67. The molecule has 0 aliphatic carbocycles. The molecule has 0 saturated carbocycles. The lowest BCUT2D eigenvalue weighted by Gasteiger charge is -2.25. The lowest BCUT2D eigenvalue weighted by molar-refractivity contribution is -0.153. The third-order valence-electron chi connectivity index (χ3n) is 3.43. The van der Waals surface area contributed by atoms with Crippen molar-refractivity contribution in [1.82, 2.24) is 4.31 Å². The van der Waals surface area contributed by atoms with Crippen molar-refractivity contribution in [3.8, 4) is 0 Å². The summed E-state index contributed by atoms with van der Waals surface area (Å²) in [4.78, 5) is 12.1. The van der Waals surface area contributed by atoms with Crippen LogP contribution in [0.2, 0.25) is 0 Å². The van der Waals surface area contributed by atoms with Gasteiger partial charge in [0.05, 0.1) is 16.4 Å². The van der Waals surface area contributed by atoms with Crippen molar-refractivity contribution >= 4 is 31.9 Å². The second-order valence-corrected chi connectivity index (χ2v) is 9.06. The maximum absolute atomic E-state index is 12.8. The average Bonchev–Trinajstić information content (AvgIpc) is 2.93. The standard InChI is InChI=1S/C16H20BrNO4S/c1-16(2,3)15(19)22-11-12-7-6-10-18(12)23(20,21)14-9-5-4-8-13(14)17/h4-9,12H,10-11H2,1-3H3/t12-/m0/s1. The van der Waals surface area contributed by atoms with Crippen molar-refractivity contribution in [3.63, 3.8) is 0 Å². The molecule has 1 aromatic rings. The first-order valence-electron chi connectivity index (χ1n) is 7.24. The summed E-state index contributed by atoms with van der Waals surface area (Å²) < 4.78 is 32.8. The Hall–Kier alpha value is -1.18. The molecule has 0 aromatic heterocycles. The van der Waals surface area contributed by atoms with Gasteiger partial charge in [-0.15, -0.1) is 0 Å². The molecule has 1 atom stereocenters. The highest BCUT2D eigenvalue weighted by Gasteiger charge is 2.35. The van der Waals surface area contributed by atoms with Crippen LogP contribution < -0.4 is 0 Å². The predicted molar refractivity (Wildman–Crippen MR) is 91.4 cm³/mol. The first kappa shape index (κ1) is 18.2. The van der Waals surface area contributed by atoms with Gasteiger partial charge >= 0.3 is 5.97 Å². The van der Waals surface area contributed by atoms with Gasteiger partial charge in [-0.1, -0.05) is 24.3 Å². The van der Waals surface area contributed by atoms with Gasteiger partial charge in [0.25, 0.3) is 0 Å². The second kappa shape index (κ2) is 6.75. The minimum Gasteiger partial charge on any atom is -0.463 e. The van der Waals surface area contributed by atoms with E-state index < -0.39 is 21.5 Å². The Balaban J connectivity index is 2.17. The normalized spacial score (nSPS) is 19.0. The topological polar surface area (TPSA) is 63.7 Å². The van der Waals surface area contributed by atoms with Gasteiger partial charge in [0, 0.05) is 11.0 Å². The van der Waals surface area contributed by atoms with Crippen LogP contribution in [0, 0.1) is 5.41 Å². The van der Waals surface area contributed by atoms with Crippen LogP contribution >= 0.6 is 15.9 Å². The molecule has 0 radical (unpaired) electrons. The molecule has 23 heavy (non-hydrogen) atoms. The molecule has 0 N–H and O–H groups in total. The van der Waals surface area contributed by atoms with E-state index in [-0.39, 0.29) is 24.0 Å². The zero-order chi connectivity index (χ0) is 17.3. The number of hydrogen-bond acceptors (Lipinski definition) is 4. The Morgan fingerprint density at radius 3 is 2.61 bits per heavy atom. The van der Waals surface area contributed by atoms with Crippen molar-refractivity contribution in [2.45, 2.75) is 31.7 Å². The van der Waals surface area contributed by atoms with Crippen molar-refractivity contribution in [3.05, 3.63) is 40.9 Å². The monoisotopic (exact) mass is 401 g/mol. The molecule has 0 bridgehead atoms. The number of sulfonamides is 1. The zero-order valence-electron chi connectivity index (χ0n) is 13.3. The Bertz CT molecular complexity index is 722. The minimum absolute atomic E-state index is 0.0102. The number of carbonyl (C=O) groups is 1. The number of halogens is 1. The van der Waals surface area contributed by atoms with Gasteiger partial charge in [-0.05, 0) is 48.8 Å². The summed E-state index contributed by atoms with van der Waals surface area (Å²) in [7, 11) is -3.67. The quantitative estimate of drug-likeness (QED) is 0.574. The third kappa shape index (κ3) is 4.02. The predicted octanol–water partition coefficient (Wildman–Crippen LogP) is 2.97. The fourth-order valence-corrected chi connectivity index (χ4v) is 4.61. The van der Waals surface area contributed by atoms with Gasteiger partial charge < -0.3 is 4.74 Å². The molecular formula is C16H20BrNO4S. The van der Waals surface area contributed by atoms with Gasteiger partial charge in [-0.2, -0.15) is 4.31 Å². The van der Waals surface area contributed by atoms with E-state index in [0.29, 0.717) is 4.47 Å². The molecule has 7 heteroatoms. The summed E-state index contributed by atoms with van der Waals surface area (Å²) >= 11 is 3.28. The van der Waals surface area contributed by atoms with Crippen LogP contribution in [0.5, 0.6) is 0 Å². The van der Waals surface area contributed by atoms with Gasteiger partial charge in [0.2, 0.25) is 10.0 Å². The first-order valence-corrected chi connectivity index (χ1v) is 9.47. The van der Waals surface area contributed by atoms with E-state index in [1.807, 2.05) is 0 Å². The van der Waals surface area contributed by atoms with Crippen molar-refractivity contribution in [1.29, 1.82) is 0 Å². The summed E-state index contributed by atoms with van der Waals surface area (Å²) in [6.07, 6.45) is 3.52. The van der Waals surface area contributed by atoms with Gasteiger partial charge in [0.1, 0.15) is 6.61 Å². The molecule has 1 aliphatic heterocycles. The van der Waals surface area contributed by atoms with Crippen LogP contribution in [0.1, 0.15) is 20.8 Å². The molecule has 0 spiro atoms. The number of esters is 1. The maximum atomic E-state index is 12.8. The molecule has 2 rings (SSSR count). The van der Waals surface area contributed by atoms with Crippen LogP contribution in [0.15, 0.2) is 45.8 Å². The Labute approximate surface area is 145 Å². The Kier molecular flexibility index (Phi) is 5.33. The summed E-state index contributed by atoms with van der Waals surface area (Å²) in [5, 5.41) is 0. The fraction of sp³-hybridized carbons (Fsp3) is 0.438. The second-order valence-electron chi connectivity index (χ2n) is 6.35. The van der Waals surface area contributed by atoms with Crippen molar-refractivity contribution in [2.75, 3.05) is 13.2 Å². The van der Waals surface area contributed by atoms with Crippen LogP contribution in [-0.2, 0) is 19.6 Å². The van der Waals surface area contributed by atoms with E-state index >= 15 is 0 Å². The number of carbonyl (C=O) groups excluding carboxylic acids is 1. The number of benzene rings is 1. The van der Waals surface area contributed by atoms with E-state index in [9.17, 15) is 13.2 Å². The summed E-state index contributed by atoms with van der Waals surface area (Å²) in [5.74, 6) is -0.351. The molecule has 0 saturated heterocycles. The lowest BCUT2D eigenvalue weighted by atomic mass is 9.97. The summed E-state index contributed by atoms with van der Waals surface area (Å²) in [6.45, 7) is 5.55. The fourth-order valence-electron chi connectivity index (χ4n) is 2.13. The van der Waals surface area contributed by atoms with Crippen LogP contribution in [-0.4, -0.2) is 37.9 Å². The average molecular weight is 402 g/mol. The van der Waals surface area contributed by atoms with Crippen LogP contribution in [0.4, 0.5) is 0 Å². The lowest BCUT2D eigenvalue weighted by Crippen LogP contribution is -2.40. The maximum Gasteiger partial charge on any atom is 0.311 e. The van der Waals surface area contributed by atoms with Gasteiger partial charge in [-0.3, -0.25) is 4.79 Å². The molecule has 0 unspecified atom stereocenters. The SMILES string of the molecule is CC(C)(C)C(=O)OC[C@@H]1C=CCN1S(=O)(=O)c1ccccc1Br. The molecule has 1 aromatic carbocycles. The number of ether oxygens (including phenoxy) is 1. The van der Waals surface area contributed by atoms with Crippen LogP contribution in [0.3, 0.4) is 0 Å². The van der Waals surface area contributed by atoms with Crippen LogP contribution in [0.25, 0.3) is 0 Å². The van der Waals surface area contributed by atoms with E-state index in [1.165, 1.54) is 4.31 Å². The molecule has 5 nitrogen and oxygen atoms in total. The first-order chi connectivity index (χ1) is 10.6. The molecule has 0 fully saturated rings. The van der Waals surface area contributed by atoms with E-state index in [4.69, 9.17) is 4.74 Å². The largest absolute Gasteiger partial charge is 0.463 e. The molecular weight excluding hydrogens is 382 g/mol. The highest BCUT2D eigenvalue weighted by molar-refractivity contribution is 9.10. The number of nitrogens with zero attached hydrogens (tertiary/aromatic N) is 1. The molecule has 126 valence electrons. The molecule has 0 amide bonds. The van der Waals surface area contributed by atoms with E-state index in [1.54, 1.807) is 57.2 Å². The zero-order valence-corrected chi connectivity index (χ0v) is 15.7. The summed E-state index contributed by atoms with van der Waals surface area (Å²) in [6, 6.07) is 6.18. The molecule has 1 aliphatic rings. The number of rotatable bonds is 4. The highest BCUT2D eigenvalue weighted by Crippen LogP contribution is 2.28. The van der Waals surface area contributed by atoms with Gasteiger partial charge in [-0.25, -0.2) is 8.42 Å². The molecule has 1 heterocycles. The van der Waals surface area contributed by atoms with Crippen molar-refractivity contribution < 1.29 is 17.9 Å². The highest BCUT2D eigenvalue weighted by atomic mass is 79.9. The smallest absolute Gasteiger partial charge is 0.311 e. The van der Waals surface area contributed by atoms with Gasteiger partial charge in [0.15, 0.2) is 0 Å². The number of hydrogen-bond donors (Lipinski definition) is 0. The Morgan fingerprint density at radius 2 is 2.00 bits per heavy atom. The van der Waals surface area contributed by atoms with E-state index in [2.05, 4.69) is 15.9 Å².